The zero-order chi connectivity index (χ0) is 16.7. The Bertz CT molecular complexity index is 757. The average molecular weight is 329 g/mol. The first kappa shape index (κ1) is 15.6. The van der Waals surface area contributed by atoms with E-state index in [0.29, 0.717) is 11.8 Å². The van der Waals surface area contributed by atoms with Gasteiger partial charge < -0.3 is 4.74 Å². The molecular formula is C20H21F2NO. The first-order valence-corrected chi connectivity index (χ1v) is 8.50. The van der Waals surface area contributed by atoms with Crippen LogP contribution in [0.1, 0.15) is 29.0 Å². The molecule has 2 aliphatic rings. The summed E-state index contributed by atoms with van der Waals surface area (Å²) in [6.07, 6.45) is 2.84. The molecule has 2 nitrogen and oxygen atoms in total. The van der Waals surface area contributed by atoms with Gasteiger partial charge in [0.1, 0.15) is 5.82 Å². The van der Waals surface area contributed by atoms with Gasteiger partial charge in [-0.05, 0) is 73.3 Å². The SMILES string of the molecule is COc1cc2c(cc1F)CC(N1CCC1)C2Cc1cccc(F)c1. The van der Waals surface area contributed by atoms with Crippen LogP contribution in [-0.4, -0.2) is 31.1 Å². The summed E-state index contributed by atoms with van der Waals surface area (Å²) in [5.41, 5.74) is 3.20. The summed E-state index contributed by atoms with van der Waals surface area (Å²) in [6, 6.07) is 10.6. The largest absolute Gasteiger partial charge is 0.494 e. The van der Waals surface area contributed by atoms with Gasteiger partial charge in [0.05, 0.1) is 7.11 Å². The van der Waals surface area contributed by atoms with Gasteiger partial charge in [0.15, 0.2) is 11.6 Å². The molecule has 1 aliphatic carbocycles. The summed E-state index contributed by atoms with van der Waals surface area (Å²) in [5, 5.41) is 0. The molecule has 2 unspecified atom stereocenters. The lowest BCUT2D eigenvalue weighted by Crippen LogP contribution is -2.47. The lowest BCUT2D eigenvalue weighted by Gasteiger charge is -2.39. The van der Waals surface area contributed by atoms with Crippen molar-refractivity contribution in [3.63, 3.8) is 0 Å². The van der Waals surface area contributed by atoms with Gasteiger partial charge in [0.25, 0.3) is 0 Å². The molecule has 0 aromatic heterocycles. The molecule has 0 saturated carbocycles. The molecule has 4 rings (SSSR count). The van der Waals surface area contributed by atoms with E-state index in [9.17, 15) is 8.78 Å². The smallest absolute Gasteiger partial charge is 0.165 e. The summed E-state index contributed by atoms with van der Waals surface area (Å²) in [5.74, 6) is 0.0341. The Labute approximate surface area is 141 Å². The summed E-state index contributed by atoms with van der Waals surface area (Å²) in [7, 11) is 1.49. The van der Waals surface area contributed by atoms with E-state index in [4.69, 9.17) is 4.74 Å². The second kappa shape index (κ2) is 6.17. The number of likely N-dealkylation sites (tertiary alicyclic amines) is 1. The van der Waals surface area contributed by atoms with Crippen molar-refractivity contribution in [2.24, 2.45) is 0 Å². The third-order valence-electron chi connectivity index (χ3n) is 5.41. The molecule has 2 atom stereocenters. The first-order chi connectivity index (χ1) is 11.7. The molecule has 0 bridgehead atoms. The van der Waals surface area contributed by atoms with Gasteiger partial charge >= 0.3 is 0 Å². The Morgan fingerprint density at radius 2 is 2.00 bits per heavy atom. The fourth-order valence-corrected chi connectivity index (χ4v) is 4.08. The van der Waals surface area contributed by atoms with Crippen LogP contribution in [0.2, 0.25) is 0 Å². The van der Waals surface area contributed by atoms with E-state index >= 15 is 0 Å². The number of rotatable bonds is 4. The fraction of sp³-hybridized carbons (Fsp3) is 0.400. The van der Waals surface area contributed by atoms with Crippen molar-refractivity contribution in [2.75, 3.05) is 20.2 Å². The number of hydrogen-bond donors (Lipinski definition) is 0. The van der Waals surface area contributed by atoms with Crippen molar-refractivity contribution in [1.29, 1.82) is 0 Å². The molecule has 1 saturated heterocycles. The fourth-order valence-electron chi connectivity index (χ4n) is 4.08. The van der Waals surface area contributed by atoms with E-state index in [0.717, 1.165) is 42.6 Å². The van der Waals surface area contributed by atoms with Gasteiger partial charge in [-0.2, -0.15) is 0 Å². The van der Waals surface area contributed by atoms with Crippen LogP contribution >= 0.6 is 0 Å². The quantitative estimate of drug-likeness (QED) is 0.843. The van der Waals surface area contributed by atoms with E-state index in [1.54, 1.807) is 18.2 Å². The minimum absolute atomic E-state index is 0.206. The molecule has 1 heterocycles. The van der Waals surface area contributed by atoms with Crippen LogP contribution in [0, 0.1) is 11.6 Å². The topological polar surface area (TPSA) is 12.5 Å². The van der Waals surface area contributed by atoms with Crippen molar-refractivity contribution >= 4 is 0 Å². The molecule has 2 aromatic rings. The molecule has 24 heavy (non-hydrogen) atoms. The Kier molecular flexibility index (Phi) is 4.01. The normalized spacial score (nSPS) is 23.0. The lowest BCUT2D eigenvalue weighted by atomic mass is 9.89. The van der Waals surface area contributed by atoms with Gasteiger partial charge in [-0.15, -0.1) is 0 Å². The second-order valence-electron chi connectivity index (χ2n) is 6.79. The minimum Gasteiger partial charge on any atom is -0.494 e. The van der Waals surface area contributed by atoms with Crippen molar-refractivity contribution in [1.82, 2.24) is 4.90 Å². The third-order valence-corrected chi connectivity index (χ3v) is 5.41. The molecule has 2 aromatic carbocycles. The van der Waals surface area contributed by atoms with Gasteiger partial charge in [-0.1, -0.05) is 12.1 Å². The van der Waals surface area contributed by atoms with Crippen LogP contribution in [0.15, 0.2) is 36.4 Å². The Balaban J connectivity index is 1.70. The molecule has 0 radical (unpaired) electrons. The number of halogens is 2. The maximum Gasteiger partial charge on any atom is 0.165 e. The van der Waals surface area contributed by atoms with Crippen LogP contribution in [0.5, 0.6) is 5.75 Å². The highest BCUT2D eigenvalue weighted by atomic mass is 19.1. The van der Waals surface area contributed by atoms with Gasteiger partial charge in [-0.3, -0.25) is 4.90 Å². The van der Waals surface area contributed by atoms with Crippen LogP contribution in [0.3, 0.4) is 0 Å². The number of ether oxygens (including phenoxy) is 1. The number of nitrogens with zero attached hydrogens (tertiary/aromatic N) is 1. The Morgan fingerprint density at radius 1 is 1.17 bits per heavy atom. The molecule has 0 spiro atoms. The van der Waals surface area contributed by atoms with Gasteiger partial charge in [0, 0.05) is 12.0 Å². The second-order valence-corrected chi connectivity index (χ2v) is 6.79. The van der Waals surface area contributed by atoms with E-state index in [1.807, 2.05) is 12.1 Å². The van der Waals surface area contributed by atoms with E-state index < -0.39 is 0 Å². The number of methoxy groups -OCH3 is 1. The van der Waals surface area contributed by atoms with Crippen molar-refractivity contribution in [3.05, 3.63) is 64.7 Å². The van der Waals surface area contributed by atoms with Crippen LogP contribution in [-0.2, 0) is 12.8 Å². The maximum atomic E-state index is 14.1. The number of fused-ring (bicyclic) bond motifs is 1. The molecule has 126 valence electrons. The van der Waals surface area contributed by atoms with Crippen LogP contribution < -0.4 is 4.74 Å². The molecule has 0 N–H and O–H groups in total. The monoisotopic (exact) mass is 329 g/mol. The predicted octanol–water partition coefficient (Wildman–Crippen LogP) is 3.93. The zero-order valence-corrected chi connectivity index (χ0v) is 13.8. The van der Waals surface area contributed by atoms with Crippen LogP contribution in [0.4, 0.5) is 8.78 Å². The highest BCUT2D eigenvalue weighted by Crippen LogP contribution is 2.42. The van der Waals surface area contributed by atoms with E-state index in [-0.39, 0.29) is 17.6 Å². The number of benzene rings is 2. The zero-order valence-electron chi connectivity index (χ0n) is 13.8. The van der Waals surface area contributed by atoms with Crippen LogP contribution in [0.25, 0.3) is 0 Å². The van der Waals surface area contributed by atoms with Crippen molar-refractivity contribution in [3.8, 4) is 5.75 Å². The van der Waals surface area contributed by atoms with Gasteiger partial charge in [0.2, 0.25) is 0 Å². The number of hydrogen-bond acceptors (Lipinski definition) is 2. The predicted molar refractivity (Wildman–Crippen MR) is 89.5 cm³/mol. The first-order valence-electron chi connectivity index (χ1n) is 8.50. The Hall–Kier alpha value is -1.94. The third kappa shape index (κ3) is 2.69. The highest BCUT2D eigenvalue weighted by Gasteiger charge is 2.39. The Morgan fingerprint density at radius 3 is 2.67 bits per heavy atom. The average Bonchev–Trinajstić information content (AvgIpc) is 2.82. The summed E-state index contributed by atoms with van der Waals surface area (Å²) >= 11 is 0. The molecular weight excluding hydrogens is 308 g/mol. The highest BCUT2D eigenvalue weighted by molar-refractivity contribution is 5.45. The summed E-state index contributed by atoms with van der Waals surface area (Å²) in [6.45, 7) is 2.19. The minimum atomic E-state index is -0.301. The van der Waals surface area contributed by atoms with E-state index in [2.05, 4.69) is 4.90 Å². The molecule has 4 heteroatoms. The molecule has 1 aliphatic heterocycles. The van der Waals surface area contributed by atoms with Crippen molar-refractivity contribution in [2.45, 2.75) is 31.2 Å². The summed E-state index contributed by atoms with van der Waals surface area (Å²) < 4.78 is 32.8. The van der Waals surface area contributed by atoms with E-state index in [1.165, 1.54) is 19.6 Å². The lowest BCUT2D eigenvalue weighted by molar-refractivity contribution is 0.106. The molecule has 0 amide bonds. The summed E-state index contributed by atoms with van der Waals surface area (Å²) in [4.78, 5) is 2.47. The maximum absolute atomic E-state index is 14.1. The van der Waals surface area contributed by atoms with Crippen molar-refractivity contribution < 1.29 is 13.5 Å². The standard InChI is InChI=1S/C20H21F2NO/c1-24-20-12-16-14(10-18(20)22)11-19(23-6-3-7-23)17(16)9-13-4-2-5-15(21)8-13/h2,4-5,8,10,12,17,19H,3,6-7,9,11H2,1H3. The molecule has 1 fully saturated rings. The van der Waals surface area contributed by atoms with Gasteiger partial charge in [-0.25, -0.2) is 8.78 Å².